The summed E-state index contributed by atoms with van der Waals surface area (Å²) in [6.45, 7) is 1.60. The fraction of sp³-hybridized carbons (Fsp3) is 0.111. The van der Waals surface area contributed by atoms with Crippen molar-refractivity contribution in [3.8, 4) is 0 Å². The molecule has 0 bridgehead atoms. The van der Waals surface area contributed by atoms with Crippen LogP contribution in [0.4, 0.5) is 0 Å². The Morgan fingerprint density at radius 2 is 1.38 bits per heavy atom. The Balaban J connectivity index is 3.26. The fourth-order valence-corrected chi connectivity index (χ4v) is 1.02. The lowest BCUT2D eigenvalue weighted by molar-refractivity contribution is -0.255. The molecule has 0 N–H and O–H groups in total. The predicted octanol–water partition coefficient (Wildman–Crippen LogP) is -1.28. The number of rotatable bonds is 2. The van der Waals surface area contributed by atoms with Gasteiger partial charge in [-0.2, -0.15) is 0 Å². The number of aryl methyl sites for hydroxylation is 1. The summed E-state index contributed by atoms with van der Waals surface area (Å²) in [4.78, 5) is 20.8. The molecule has 13 heavy (non-hydrogen) atoms. The van der Waals surface area contributed by atoms with Gasteiger partial charge in [-0.05, 0) is 29.7 Å². The normalized spacial score (nSPS) is 9.62. The molecule has 0 atom stereocenters. The van der Waals surface area contributed by atoms with Gasteiger partial charge in [0.1, 0.15) is 0 Å². The zero-order valence-electron chi connectivity index (χ0n) is 6.87. The molecule has 0 aromatic heterocycles. The zero-order valence-corrected chi connectivity index (χ0v) is 6.87. The van der Waals surface area contributed by atoms with E-state index in [1.54, 1.807) is 6.92 Å². The van der Waals surface area contributed by atoms with Gasteiger partial charge in [-0.3, -0.25) is 0 Å². The third-order valence-corrected chi connectivity index (χ3v) is 1.55. The molecule has 68 valence electrons. The fourth-order valence-electron chi connectivity index (χ4n) is 1.02. The molecular formula is C9H6O4-2. The molecule has 0 amide bonds. The highest BCUT2D eigenvalue weighted by atomic mass is 16.4. The minimum absolute atomic E-state index is 0.154. The van der Waals surface area contributed by atoms with Crippen molar-refractivity contribution in [3.63, 3.8) is 0 Å². The van der Waals surface area contributed by atoms with Gasteiger partial charge in [0.05, 0.1) is 11.9 Å². The molecule has 0 fully saturated rings. The van der Waals surface area contributed by atoms with Crippen LogP contribution in [0.25, 0.3) is 0 Å². The van der Waals surface area contributed by atoms with Crippen molar-refractivity contribution in [1.82, 2.24) is 0 Å². The van der Waals surface area contributed by atoms with E-state index in [0.717, 1.165) is 6.07 Å². The van der Waals surface area contributed by atoms with Gasteiger partial charge in [-0.15, -0.1) is 0 Å². The number of aromatic carboxylic acids is 2. The predicted molar refractivity (Wildman–Crippen MR) is 39.8 cm³/mol. The van der Waals surface area contributed by atoms with Crippen LogP contribution in [0.3, 0.4) is 0 Å². The minimum Gasteiger partial charge on any atom is -0.545 e. The minimum atomic E-state index is -1.40. The van der Waals surface area contributed by atoms with E-state index in [1.165, 1.54) is 12.1 Å². The van der Waals surface area contributed by atoms with Gasteiger partial charge in [0.15, 0.2) is 0 Å². The van der Waals surface area contributed by atoms with Crippen LogP contribution in [-0.4, -0.2) is 11.9 Å². The monoisotopic (exact) mass is 178 g/mol. The lowest BCUT2D eigenvalue weighted by Crippen LogP contribution is -2.25. The Bertz CT molecular complexity index is 336. The lowest BCUT2D eigenvalue weighted by atomic mass is 10.1. The second kappa shape index (κ2) is 3.26. The molecule has 0 aliphatic carbocycles. The van der Waals surface area contributed by atoms with Crippen molar-refractivity contribution >= 4 is 11.9 Å². The van der Waals surface area contributed by atoms with Crippen LogP contribution in [0.5, 0.6) is 0 Å². The SMILES string of the molecule is Cc1cc(C(=O)[O-])cc(C(=O)[O-])c1. The van der Waals surface area contributed by atoms with E-state index in [2.05, 4.69) is 0 Å². The maximum absolute atomic E-state index is 10.4. The molecule has 0 aliphatic rings. The maximum Gasteiger partial charge on any atom is 0.0715 e. The first-order valence-corrected chi connectivity index (χ1v) is 3.55. The van der Waals surface area contributed by atoms with Gasteiger partial charge in [0, 0.05) is 0 Å². The van der Waals surface area contributed by atoms with Gasteiger partial charge in [-0.25, -0.2) is 0 Å². The number of carboxylic acids is 2. The third-order valence-electron chi connectivity index (χ3n) is 1.55. The summed E-state index contributed by atoms with van der Waals surface area (Å²) >= 11 is 0. The number of carbonyl (C=O) groups is 2. The smallest absolute Gasteiger partial charge is 0.0715 e. The maximum atomic E-state index is 10.4. The van der Waals surface area contributed by atoms with E-state index in [4.69, 9.17) is 0 Å². The Hall–Kier alpha value is -1.84. The van der Waals surface area contributed by atoms with E-state index < -0.39 is 11.9 Å². The molecule has 0 saturated heterocycles. The number of benzene rings is 1. The second-order valence-electron chi connectivity index (χ2n) is 2.66. The molecule has 0 spiro atoms. The van der Waals surface area contributed by atoms with Gasteiger partial charge in [0.25, 0.3) is 0 Å². The second-order valence-corrected chi connectivity index (χ2v) is 2.66. The van der Waals surface area contributed by atoms with Crippen molar-refractivity contribution in [3.05, 3.63) is 34.9 Å². The average Bonchev–Trinajstić information content (AvgIpc) is 2.03. The summed E-state index contributed by atoms with van der Waals surface area (Å²) in [6.07, 6.45) is 0. The van der Waals surface area contributed by atoms with Crippen LogP contribution < -0.4 is 10.2 Å². The van der Waals surface area contributed by atoms with Crippen molar-refractivity contribution in [1.29, 1.82) is 0 Å². The van der Waals surface area contributed by atoms with Crippen LogP contribution in [0.15, 0.2) is 18.2 Å². The quantitative estimate of drug-likeness (QED) is 0.565. The third kappa shape index (κ3) is 2.05. The molecule has 0 aliphatic heterocycles. The summed E-state index contributed by atoms with van der Waals surface area (Å²) in [5, 5.41) is 20.8. The highest BCUT2D eigenvalue weighted by Crippen LogP contribution is 2.08. The van der Waals surface area contributed by atoms with Gasteiger partial charge < -0.3 is 19.8 Å². The summed E-state index contributed by atoms with van der Waals surface area (Å²) in [6, 6.07) is 3.68. The lowest BCUT2D eigenvalue weighted by Gasteiger charge is -2.08. The van der Waals surface area contributed by atoms with Gasteiger partial charge in [0.2, 0.25) is 0 Å². The zero-order chi connectivity index (χ0) is 10.0. The van der Waals surface area contributed by atoms with E-state index >= 15 is 0 Å². The number of hydrogen-bond donors (Lipinski definition) is 0. The van der Waals surface area contributed by atoms with Crippen molar-refractivity contribution < 1.29 is 19.8 Å². The first-order chi connectivity index (χ1) is 6.00. The highest BCUT2D eigenvalue weighted by molar-refractivity contribution is 5.92. The van der Waals surface area contributed by atoms with E-state index in [-0.39, 0.29) is 11.1 Å². The molecule has 0 radical (unpaired) electrons. The Kier molecular flexibility index (Phi) is 2.32. The first-order valence-electron chi connectivity index (χ1n) is 3.55. The molecule has 1 rings (SSSR count). The van der Waals surface area contributed by atoms with Crippen molar-refractivity contribution in [2.24, 2.45) is 0 Å². The number of hydrogen-bond acceptors (Lipinski definition) is 4. The molecule has 0 unspecified atom stereocenters. The summed E-state index contributed by atoms with van der Waals surface area (Å²) in [5.41, 5.74) is 0.235. The van der Waals surface area contributed by atoms with Crippen molar-refractivity contribution in [2.45, 2.75) is 6.92 Å². The van der Waals surface area contributed by atoms with Gasteiger partial charge >= 0.3 is 0 Å². The number of carboxylic acid groups (broad SMARTS) is 2. The average molecular weight is 178 g/mol. The molecule has 1 aromatic rings. The van der Waals surface area contributed by atoms with E-state index in [0.29, 0.717) is 5.56 Å². The summed E-state index contributed by atoms with van der Waals surface area (Å²) < 4.78 is 0. The van der Waals surface area contributed by atoms with Gasteiger partial charge in [-0.1, -0.05) is 12.1 Å². The molecule has 4 nitrogen and oxygen atoms in total. The van der Waals surface area contributed by atoms with E-state index in [1.807, 2.05) is 0 Å². The summed E-state index contributed by atoms with van der Waals surface area (Å²) in [5.74, 6) is -2.79. The van der Waals surface area contributed by atoms with Crippen LogP contribution in [0.2, 0.25) is 0 Å². The topological polar surface area (TPSA) is 80.3 Å². The van der Waals surface area contributed by atoms with Crippen LogP contribution in [0.1, 0.15) is 26.3 Å². The highest BCUT2D eigenvalue weighted by Gasteiger charge is 1.99. The standard InChI is InChI=1S/C9H8O4/c1-5-2-6(8(10)11)4-7(3-5)9(12)13/h2-4H,1H3,(H,10,11)(H,12,13)/p-2. The largest absolute Gasteiger partial charge is 0.545 e. The van der Waals surface area contributed by atoms with Crippen LogP contribution in [-0.2, 0) is 0 Å². The van der Waals surface area contributed by atoms with Crippen molar-refractivity contribution in [2.75, 3.05) is 0 Å². The molecule has 4 heteroatoms. The Morgan fingerprint density at radius 3 is 1.69 bits per heavy atom. The number of carbonyl (C=O) groups excluding carboxylic acids is 2. The molecule has 1 aromatic carbocycles. The molecular weight excluding hydrogens is 172 g/mol. The molecule has 0 heterocycles. The Morgan fingerprint density at radius 1 is 1.00 bits per heavy atom. The van der Waals surface area contributed by atoms with Crippen LogP contribution in [0, 0.1) is 6.92 Å². The summed E-state index contributed by atoms with van der Waals surface area (Å²) in [7, 11) is 0. The van der Waals surface area contributed by atoms with E-state index in [9.17, 15) is 19.8 Å². The van der Waals surface area contributed by atoms with Crippen LogP contribution >= 0.6 is 0 Å². The first kappa shape index (κ1) is 9.25. The molecule has 0 saturated carbocycles. The Labute approximate surface area is 74.4 Å².